The second-order valence-corrected chi connectivity index (χ2v) is 5.50. The molecule has 4 N–H and O–H groups in total. The van der Waals surface area contributed by atoms with Crippen molar-refractivity contribution >= 4 is 35.2 Å². The zero-order valence-electron chi connectivity index (χ0n) is 12.5. The molecule has 0 bridgehead atoms. The van der Waals surface area contributed by atoms with Gasteiger partial charge in [0, 0.05) is 12.1 Å². The number of benzene rings is 1. The molecule has 24 heavy (non-hydrogen) atoms. The van der Waals surface area contributed by atoms with E-state index in [1.54, 1.807) is 12.1 Å². The molecule has 1 aromatic carbocycles. The molecule has 1 fully saturated rings. The number of carbonyl (C=O) groups is 5. The van der Waals surface area contributed by atoms with Crippen molar-refractivity contribution in [1.29, 1.82) is 0 Å². The normalized spacial score (nSPS) is 20.0. The summed E-state index contributed by atoms with van der Waals surface area (Å²) in [4.78, 5) is 60.2. The van der Waals surface area contributed by atoms with Crippen LogP contribution in [-0.2, 0) is 14.4 Å². The predicted octanol–water partition coefficient (Wildman–Crippen LogP) is -1.02. The van der Waals surface area contributed by atoms with E-state index in [9.17, 15) is 24.0 Å². The molecule has 2 aliphatic heterocycles. The van der Waals surface area contributed by atoms with Crippen LogP contribution in [0.25, 0.3) is 0 Å². The van der Waals surface area contributed by atoms with Crippen LogP contribution >= 0.6 is 0 Å². The van der Waals surface area contributed by atoms with Crippen molar-refractivity contribution in [2.45, 2.75) is 18.9 Å². The van der Waals surface area contributed by atoms with Crippen molar-refractivity contribution in [3.63, 3.8) is 0 Å². The summed E-state index contributed by atoms with van der Waals surface area (Å²) in [6.07, 6.45) is 0.136. The number of piperidine rings is 1. The maximum Gasteiger partial charge on any atom is 0.264 e. The molecule has 9 nitrogen and oxygen atoms in total. The molecular weight excluding hydrogens is 316 g/mol. The average molecular weight is 330 g/mol. The highest BCUT2D eigenvalue weighted by Crippen LogP contribution is 2.32. The lowest BCUT2D eigenvalue weighted by molar-refractivity contribution is -0.136. The van der Waals surface area contributed by atoms with Gasteiger partial charge in [-0.15, -0.1) is 0 Å². The van der Waals surface area contributed by atoms with Gasteiger partial charge in [-0.2, -0.15) is 0 Å². The minimum Gasteiger partial charge on any atom is -0.375 e. The molecule has 1 atom stereocenters. The van der Waals surface area contributed by atoms with E-state index in [0.717, 1.165) is 4.90 Å². The molecule has 3 rings (SSSR count). The minimum absolute atomic E-state index is 0.0522. The number of rotatable bonds is 4. The number of anilines is 1. The number of nitrogens with two attached hydrogens (primary N) is 1. The van der Waals surface area contributed by atoms with E-state index < -0.39 is 35.6 Å². The Morgan fingerprint density at radius 1 is 1.25 bits per heavy atom. The molecule has 0 saturated carbocycles. The lowest BCUT2D eigenvalue weighted by Crippen LogP contribution is -2.54. The van der Waals surface area contributed by atoms with Crippen molar-refractivity contribution in [2.75, 3.05) is 11.9 Å². The molecule has 2 aliphatic rings. The van der Waals surface area contributed by atoms with Gasteiger partial charge < -0.3 is 11.1 Å². The van der Waals surface area contributed by atoms with E-state index >= 15 is 0 Å². The lowest BCUT2D eigenvalue weighted by Gasteiger charge is -2.27. The minimum atomic E-state index is -1.03. The first-order chi connectivity index (χ1) is 11.4. The number of fused-ring (bicyclic) bond motifs is 1. The fourth-order valence-corrected chi connectivity index (χ4v) is 2.84. The molecule has 0 aromatic heterocycles. The number of carbonyl (C=O) groups excluding carboxylic acids is 5. The molecule has 124 valence electrons. The topological polar surface area (TPSA) is 139 Å². The van der Waals surface area contributed by atoms with Gasteiger partial charge in [-0.25, -0.2) is 0 Å². The van der Waals surface area contributed by atoms with Crippen LogP contribution < -0.4 is 16.4 Å². The molecule has 0 radical (unpaired) electrons. The molecule has 2 heterocycles. The Morgan fingerprint density at radius 2 is 2.00 bits per heavy atom. The Hall–Kier alpha value is -3.23. The Labute approximate surface area is 136 Å². The molecule has 1 aromatic rings. The van der Waals surface area contributed by atoms with E-state index in [2.05, 4.69) is 10.6 Å². The van der Waals surface area contributed by atoms with Gasteiger partial charge in [-0.1, -0.05) is 6.07 Å². The lowest BCUT2D eigenvalue weighted by atomic mass is 10.0. The van der Waals surface area contributed by atoms with Crippen molar-refractivity contribution < 1.29 is 24.0 Å². The Morgan fingerprint density at radius 3 is 2.67 bits per heavy atom. The number of primary amides is 1. The third-order valence-electron chi connectivity index (χ3n) is 3.92. The van der Waals surface area contributed by atoms with Gasteiger partial charge in [0.05, 0.1) is 17.7 Å². The third kappa shape index (κ3) is 2.49. The van der Waals surface area contributed by atoms with E-state index in [4.69, 9.17) is 5.73 Å². The highest BCUT2D eigenvalue weighted by molar-refractivity contribution is 6.25. The van der Waals surface area contributed by atoms with Crippen LogP contribution in [0.4, 0.5) is 5.69 Å². The second kappa shape index (κ2) is 5.76. The molecular formula is C15H14N4O5. The van der Waals surface area contributed by atoms with Crippen LogP contribution in [0.5, 0.6) is 0 Å². The molecule has 5 amide bonds. The summed E-state index contributed by atoms with van der Waals surface area (Å²) in [7, 11) is 0. The molecule has 1 saturated heterocycles. The van der Waals surface area contributed by atoms with Crippen LogP contribution in [0.1, 0.15) is 33.6 Å². The third-order valence-corrected chi connectivity index (χ3v) is 3.92. The van der Waals surface area contributed by atoms with Gasteiger partial charge in [0.2, 0.25) is 17.7 Å². The number of hydrogen-bond acceptors (Lipinski definition) is 6. The zero-order valence-corrected chi connectivity index (χ0v) is 12.5. The van der Waals surface area contributed by atoms with Crippen LogP contribution in [0.2, 0.25) is 0 Å². The first-order valence-corrected chi connectivity index (χ1v) is 7.27. The molecule has 9 heteroatoms. The van der Waals surface area contributed by atoms with Gasteiger partial charge in [0.25, 0.3) is 11.8 Å². The summed E-state index contributed by atoms with van der Waals surface area (Å²) >= 11 is 0. The van der Waals surface area contributed by atoms with Crippen molar-refractivity contribution in [3.8, 4) is 0 Å². The molecule has 1 unspecified atom stereocenters. The summed E-state index contributed by atoms with van der Waals surface area (Å²) in [6, 6.07) is 3.54. The van der Waals surface area contributed by atoms with Gasteiger partial charge in [0.1, 0.15) is 6.04 Å². The summed E-state index contributed by atoms with van der Waals surface area (Å²) in [6.45, 7) is -0.198. The number of hydrogen-bond donors (Lipinski definition) is 3. The Balaban J connectivity index is 1.94. The Kier molecular flexibility index (Phi) is 3.76. The number of nitrogens with one attached hydrogen (secondary N) is 2. The summed E-state index contributed by atoms with van der Waals surface area (Å²) < 4.78 is 0. The highest BCUT2D eigenvalue weighted by atomic mass is 16.2. The summed E-state index contributed by atoms with van der Waals surface area (Å²) in [5, 5.41) is 4.84. The predicted molar refractivity (Wildman–Crippen MR) is 80.8 cm³/mol. The van der Waals surface area contributed by atoms with Crippen molar-refractivity contribution in [2.24, 2.45) is 5.73 Å². The van der Waals surface area contributed by atoms with Gasteiger partial charge >= 0.3 is 0 Å². The monoisotopic (exact) mass is 330 g/mol. The van der Waals surface area contributed by atoms with Crippen molar-refractivity contribution in [1.82, 2.24) is 10.2 Å². The molecule has 0 aliphatic carbocycles. The molecule has 0 spiro atoms. The largest absolute Gasteiger partial charge is 0.375 e. The maximum absolute atomic E-state index is 12.7. The smallest absolute Gasteiger partial charge is 0.264 e. The van der Waals surface area contributed by atoms with E-state index in [0.29, 0.717) is 5.69 Å². The van der Waals surface area contributed by atoms with Crippen LogP contribution in [-0.4, -0.2) is 47.0 Å². The standard InChI is InChI=1S/C15H14N4O5/c16-10(20)6-17-8-3-1-2-7-12(8)15(24)19(14(7)23)9-4-5-11(21)18-13(9)22/h1-3,9,17H,4-6H2,(H2,16,20)(H,18,21,22). The fraction of sp³-hybridized carbons (Fsp3) is 0.267. The number of imide groups is 2. The van der Waals surface area contributed by atoms with E-state index in [1.807, 2.05) is 0 Å². The first kappa shape index (κ1) is 15.7. The number of nitrogens with zero attached hydrogens (tertiary/aromatic N) is 1. The first-order valence-electron chi connectivity index (χ1n) is 7.27. The van der Waals surface area contributed by atoms with Gasteiger partial charge in [0.15, 0.2) is 0 Å². The van der Waals surface area contributed by atoms with Gasteiger partial charge in [-0.05, 0) is 18.6 Å². The Bertz CT molecular complexity index is 788. The van der Waals surface area contributed by atoms with Crippen LogP contribution in [0.3, 0.4) is 0 Å². The second-order valence-electron chi connectivity index (χ2n) is 5.50. The quantitative estimate of drug-likeness (QED) is 0.604. The SMILES string of the molecule is NC(=O)CNc1cccc2c1C(=O)N(C1CCC(=O)NC1=O)C2=O. The maximum atomic E-state index is 12.7. The van der Waals surface area contributed by atoms with Crippen LogP contribution in [0, 0.1) is 0 Å². The van der Waals surface area contributed by atoms with Gasteiger partial charge in [-0.3, -0.25) is 34.2 Å². The van der Waals surface area contributed by atoms with E-state index in [-0.39, 0.29) is 30.5 Å². The van der Waals surface area contributed by atoms with Crippen LogP contribution in [0.15, 0.2) is 18.2 Å². The highest BCUT2D eigenvalue weighted by Gasteiger charge is 2.45. The number of amides is 5. The average Bonchev–Trinajstić information content (AvgIpc) is 2.78. The summed E-state index contributed by atoms with van der Waals surface area (Å²) in [5.41, 5.74) is 5.59. The zero-order chi connectivity index (χ0) is 17.4. The van der Waals surface area contributed by atoms with Crippen molar-refractivity contribution in [3.05, 3.63) is 29.3 Å². The fourth-order valence-electron chi connectivity index (χ4n) is 2.84. The van der Waals surface area contributed by atoms with E-state index in [1.165, 1.54) is 6.07 Å². The summed E-state index contributed by atoms with van der Waals surface area (Å²) in [5.74, 6) is -2.97.